The third kappa shape index (κ3) is 4.34. The van der Waals surface area contributed by atoms with Crippen LogP contribution in [0.15, 0.2) is 35.2 Å². The maximum absolute atomic E-state index is 9.68. The number of rotatable bonds is 6. The van der Waals surface area contributed by atoms with E-state index in [1.54, 1.807) is 0 Å². The monoisotopic (exact) mass is 251 g/mol. The Morgan fingerprint density at radius 2 is 2.06 bits per heavy atom. The quantitative estimate of drug-likeness (QED) is 0.602. The molecule has 2 atom stereocenters. The van der Waals surface area contributed by atoms with Gasteiger partial charge in [0, 0.05) is 23.7 Å². The molecule has 0 radical (unpaired) electrons. The molecule has 1 aliphatic carbocycles. The lowest BCUT2D eigenvalue weighted by Gasteiger charge is -2.14. The van der Waals surface area contributed by atoms with Gasteiger partial charge >= 0.3 is 0 Å². The molecule has 1 aromatic rings. The van der Waals surface area contributed by atoms with Crippen LogP contribution in [0.1, 0.15) is 19.3 Å². The fraction of sp³-hybridized carbons (Fsp3) is 0.571. The first kappa shape index (κ1) is 12.9. The van der Waals surface area contributed by atoms with Gasteiger partial charge in [-0.3, -0.25) is 0 Å². The van der Waals surface area contributed by atoms with Crippen LogP contribution in [0.2, 0.25) is 0 Å². The molecule has 0 bridgehead atoms. The highest BCUT2D eigenvalue weighted by molar-refractivity contribution is 7.99. The van der Waals surface area contributed by atoms with Gasteiger partial charge in [0.2, 0.25) is 0 Å². The Labute approximate surface area is 108 Å². The number of hydrogen-bond donors (Lipinski definition) is 2. The van der Waals surface area contributed by atoms with Gasteiger partial charge < -0.3 is 10.4 Å². The van der Waals surface area contributed by atoms with E-state index in [2.05, 4.69) is 29.6 Å². The molecule has 1 fully saturated rings. The molecule has 1 aliphatic rings. The van der Waals surface area contributed by atoms with E-state index in [9.17, 15) is 5.11 Å². The second-order valence-electron chi connectivity index (χ2n) is 4.62. The van der Waals surface area contributed by atoms with E-state index in [-0.39, 0.29) is 6.10 Å². The molecule has 3 heteroatoms. The summed E-state index contributed by atoms with van der Waals surface area (Å²) in [5.41, 5.74) is 0. The van der Waals surface area contributed by atoms with Crippen LogP contribution in [0.25, 0.3) is 0 Å². The maximum Gasteiger partial charge on any atom is 0.0580 e. The molecule has 0 heterocycles. The summed E-state index contributed by atoms with van der Waals surface area (Å²) in [5.74, 6) is 1.57. The summed E-state index contributed by atoms with van der Waals surface area (Å²) < 4.78 is 0. The van der Waals surface area contributed by atoms with Gasteiger partial charge in [-0.05, 0) is 30.9 Å². The fourth-order valence-corrected chi connectivity index (χ4v) is 3.13. The van der Waals surface area contributed by atoms with E-state index in [4.69, 9.17) is 0 Å². The van der Waals surface area contributed by atoms with E-state index in [0.29, 0.717) is 5.92 Å². The Morgan fingerprint density at radius 3 is 2.76 bits per heavy atom. The highest BCUT2D eigenvalue weighted by Gasteiger charge is 2.24. The van der Waals surface area contributed by atoms with Crippen LogP contribution in [-0.2, 0) is 0 Å². The van der Waals surface area contributed by atoms with Gasteiger partial charge in [0.15, 0.2) is 0 Å². The van der Waals surface area contributed by atoms with Crippen molar-refractivity contribution >= 4 is 11.8 Å². The Balaban J connectivity index is 1.55. The summed E-state index contributed by atoms with van der Waals surface area (Å²) >= 11 is 1.88. The first-order valence-electron chi connectivity index (χ1n) is 6.43. The van der Waals surface area contributed by atoms with Crippen molar-refractivity contribution in [3.63, 3.8) is 0 Å². The topological polar surface area (TPSA) is 32.3 Å². The normalized spacial score (nSPS) is 24.1. The highest BCUT2D eigenvalue weighted by Crippen LogP contribution is 2.24. The average Bonchev–Trinajstić information content (AvgIpc) is 2.76. The van der Waals surface area contributed by atoms with E-state index >= 15 is 0 Å². The molecule has 17 heavy (non-hydrogen) atoms. The Morgan fingerprint density at radius 1 is 1.24 bits per heavy atom. The van der Waals surface area contributed by atoms with Crippen LogP contribution < -0.4 is 5.32 Å². The van der Waals surface area contributed by atoms with Crippen molar-refractivity contribution in [1.29, 1.82) is 0 Å². The van der Waals surface area contributed by atoms with Crippen LogP contribution in [-0.4, -0.2) is 30.1 Å². The molecule has 2 unspecified atom stereocenters. The third-order valence-electron chi connectivity index (χ3n) is 3.32. The van der Waals surface area contributed by atoms with Gasteiger partial charge in [0.25, 0.3) is 0 Å². The minimum absolute atomic E-state index is 0.0655. The Hall–Kier alpha value is -0.510. The molecule has 2 nitrogen and oxygen atoms in total. The lowest BCUT2D eigenvalue weighted by atomic mass is 10.1. The summed E-state index contributed by atoms with van der Waals surface area (Å²) in [5, 5.41) is 13.1. The zero-order valence-electron chi connectivity index (χ0n) is 10.1. The van der Waals surface area contributed by atoms with Crippen LogP contribution in [0.5, 0.6) is 0 Å². The average molecular weight is 251 g/mol. The molecule has 0 saturated heterocycles. The molecule has 0 aromatic heterocycles. The first-order chi connectivity index (χ1) is 8.36. The van der Waals surface area contributed by atoms with Crippen LogP contribution >= 0.6 is 11.8 Å². The Bertz CT molecular complexity index is 317. The standard InChI is InChI=1S/C14H21NOS/c16-14-8-4-5-12(14)11-15-9-10-17-13-6-2-1-3-7-13/h1-3,6-7,12,14-16H,4-5,8-11H2. The fourth-order valence-electron chi connectivity index (χ4n) is 2.30. The summed E-state index contributed by atoms with van der Waals surface area (Å²) in [6.07, 6.45) is 3.29. The SMILES string of the molecule is OC1CCCC1CNCCSc1ccccc1. The number of nitrogens with one attached hydrogen (secondary N) is 1. The van der Waals surface area contributed by atoms with Gasteiger partial charge in [-0.1, -0.05) is 24.6 Å². The first-order valence-corrected chi connectivity index (χ1v) is 7.41. The highest BCUT2D eigenvalue weighted by atomic mass is 32.2. The van der Waals surface area contributed by atoms with Crippen molar-refractivity contribution < 1.29 is 5.11 Å². The van der Waals surface area contributed by atoms with Crippen LogP contribution in [0.4, 0.5) is 0 Å². The summed E-state index contributed by atoms with van der Waals surface area (Å²) in [4.78, 5) is 1.33. The summed E-state index contributed by atoms with van der Waals surface area (Å²) in [7, 11) is 0. The van der Waals surface area contributed by atoms with Crippen molar-refractivity contribution in [3.8, 4) is 0 Å². The van der Waals surface area contributed by atoms with Crippen molar-refractivity contribution in [2.24, 2.45) is 5.92 Å². The smallest absolute Gasteiger partial charge is 0.0580 e. The molecule has 0 amide bonds. The number of benzene rings is 1. The minimum atomic E-state index is -0.0655. The van der Waals surface area contributed by atoms with Gasteiger partial charge in [0.05, 0.1) is 6.10 Å². The molecule has 0 aliphatic heterocycles. The van der Waals surface area contributed by atoms with Crippen LogP contribution in [0, 0.1) is 5.92 Å². The predicted molar refractivity (Wildman–Crippen MR) is 73.4 cm³/mol. The molecule has 94 valence electrons. The number of aliphatic hydroxyl groups is 1. The molecule has 2 rings (SSSR count). The van der Waals surface area contributed by atoms with E-state index in [0.717, 1.165) is 25.3 Å². The van der Waals surface area contributed by atoms with Crippen molar-refractivity contribution in [2.45, 2.75) is 30.3 Å². The maximum atomic E-state index is 9.68. The van der Waals surface area contributed by atoms with Gasteiger partial charge in [-0.2, -0.15) is 0 Å². The van der Waals surface area contributed by atoms with Gasteiger partial charge in [0.1, 0.15) is 0 Å². The molecule has 2 N–H and O–H groups in total. The van der Waals surface area contributed by atoms with E-state index in [1.165, 1.54) is 17.7 Å². The van der Waals surface area contributed by atoms with Gasteiger partial charge in [-0.15, -0.1) is 11.8 Å². The molecule has 1 saturated carbocycles. The second-order valence-corrected chi connectivity index (χ2v) is 5.79. The second kappa shape index (κ2) is 7.04. The summed E-state index contributed by atoms with van der Waals surface area (Å²) in [6, 6.07) is 10.5. The zero-order chi connectivity index (χ0) is 11.9. The van der Waals surface area contributed by atoms with E-state index in [1.807, 2.05) is 17.8 Å². The largest absolute Gasteiger partial charge is 0.393 e. The van der Waals surface area contributed by atoms with Crippen molar-refractivity contribution in [3.05, 3.63) is 30.3 Å². The molecule has 1 aromatic carbocycles. The van der Waals surface area contributed by atoms with Crippen molar-refractivity contribution in [1.82, 2.24) is 5.32 Å². The molecular weight excluding hydrogens is 230 g/mol. The molecular formula is C14H21NOS. The lowest BCUT2D eigenvalue weighted by Crippen LogP contribution is -2.29. The predicted octanol–water partition coefficient (Wildman–Crippen LogP) is 2.53. The van der Waals surface area contributed by atoms with Crippen LogP contribution in [0.3, 0.4) is 0 Å². The Kier molecular flexibility index (Phi) is 5.36. The number of hydrogen-bond acceptors (Lipinski definition) is 3. The number of thioether (sulfide) groups is 1. The van der Waals surface area contributed by atoms with E-state index < -0.39 is 0 Å². The minimum Gasteiger partial charge on any atom is -0.393 e. The molecule has 0 spiro atoms. The summed E-state index contributed by atoms with van der Waals surface area (Å²) in [6.45, 7) is 1.99. The van der Waals surface area contributed by atoms with Gasteiger partial charge in [-0.25, -0.2) is 0 Å². The zero-order valence-corrected chi connectivity index (χ0v) is 11.0. The van der Waals surface area contributed by atoms with Crippen molar-refractivity contribution in [2.75, 3.05) is 18.8 Å². The number of aliphatic hydroxyl groups excluding tert-OH is 1. The lowest BCUT2D eigenvalue weighted by molar-refractivity contribution is 0.132. The third-order valence-corrected chi connectivity index (χ3v) is 4.33.